The number of anilines is 1. The van der Waals surface area contributed by atoms with Crippen molar-refractivity contribution in [2.24, 2.45) is 0 Å². The van der Waals surface area contributed by atoms with Gasteiger partial charge >= 0.3 is 25.2 Å². The van der Waals surface area contributed by atoms with E-state index in [4.69, 9.17) is 23.3 Å². The van der Waals surface area contributed by atoms with Crippen molar-refractivity contribution in [3.8, 4) is 0 Å². The summed E-state index contributed by atoms with van der Waals surface area (Å²) in [6, 6.07) is 8.63. The minimum Gasteiger partial charge on any atom is -0.463 e. The van der Waals surface area contributed by atoms with E-state index in [1.165, 1.54) is 34.3 Å². The highest BCUT2D eigenvalue weighted by molar-refractivity contribution is 7.54. The summed E-state index contributed by atoms with van der Waals surface area (Å²) in [6.07, 6.45) is -1.46. The van der Waals surface area contributed by atoms with E-state index >= 15 is 0 Å². The predicted octanol–water partition coefficient (Wildman–Crippen LogP) is 1.92. The summed E-state index contributed by atoms with van der Waals surface area (Å²) in [5.41, 5.74) is -1.24. The monoisotopic (exact) mass is 525 g/mol. The number of benzene rings is 1. The van der Waals surface area contributed by atoms with E-state index in [1.54, 1.807) is 30.3 Å². The summed E-state index contributed by atoms with van der Waals surface area (Å²) < 4.78 is 40.9. The summed E-state index contributed by atoms with van der Waals surface area (Å²) in [7, 11) is -1.59. The smallest absolute Gasteiger partial charge is 0.356 e. The number of esters is 2. The van der Waals surface area contributed by atoms with Crippen LogP contribution in [-0.4, -0.2) is 54.5 Å². The summed E-state index contributed by atoms with van der Waals surface area (Å²) in [5.74, 6) is -2.44. The topological polar surface area (TPSA) is 164 Å². The fourth-order valence-electron chi connectivity index (χ4n) is 3.77. The number of nitrogens with zero attached hydrogens (tertiary/aromatic N) is 1. The molecule has 2 N–H and O–H groups in total. The minimum atomic E-state index is -3.95. The molecule has 0 bridgehead atoms. The summed E-state index contributed by atoms with van der Waals surface area (Å²) in [5, 5.41) is 2.98. The highest BCUT2D eigenvalue weighted by Gasteiger charge is 2.42. The average molecular weight is 525 g/mol. The van der Waals surface area contributed by atoms with Crippen molar-refractivity contribution in [2.75, 3.05) is 26.1 Å². The van der Waals surface area contributed by atoms with Crippen LogP contribution in [0.5, 0.6) is 0 Å². The van der Waals surface area contributed by atoms with E-state index < -0.39 is 55.0 Å². The van der Waals surface area contributed by atoms with Crippen LogP contribution >= 0.6 is 7.60 Å². The molecule has 1 unspecified atom stereocenters. The van der Waals surface area contributed by atoms with E-state index in [0.29, 0.717) is 5.69 Å². The molecule has 1 aromatic carbocycles. The van der Waals surface area contributed by atoms with Crippen molar-refractivity contribution in [1.29, 1.82) is 0 Å². The van der Waals surface area contributed by atoms with Gasteiger partial charge in [0, 0.05) is 46.4 Å². The van der Waals surface area contributed by atoms with Gasteiger partial charge in [0.2, 0.25) is 0 Å². The first-order valence-electron chi connectivity index (χ1n) is 10.9. The second kappa shape index (κ2) is 11.7. The molecule has 36 heavy (non-hydrogen) atoms. The third kappa shape index (κ3) is 6.30. The van der Waals surface area contributed by atoms with Gasteiger partial charge in [-0.25, -0.2) is 4.79 Å². The average Bonchev–Trinajstić information content (AvgIpc) is 3.23. The molecule has 3 rings (SSSR count). The molecule has 2 aromatic rings. The van der Waals surface area contributed by atoms with E-state index in [-0.39, 0.29) is 18.6 Å². The van der Waals surface area contributed by atoms with Gasteiger partial charge in [0.1, 0.15) is 25.0 Å². The van der Waals surface area contributed by atoms with Crippen molar-refractivity contribution in [3.05, 3.63) is 62.9 Å². The van der Waals surface area contributed by atoms with E-state index in [1.807, 2.05) is 0 Å². The molecule has 196 valence electrons. The van der Waals surface area contributed by atoms with Crippen molar-refractivity contribution in [1.82, 2.24) is 9.55 Å². The van der Waals surface area contributed by atoms with Crippen LogP contribution in [0.1, 0.15) is 37.8 Å². The molecule has 13 nitrogen and oxygen atoms in total. The maximum atomic E-state index is 13.4. The minimum absolute atomic E-state index is 0.0277. The first-order chi connectivity index (χ1) is 17.1. The Kier molecular flexibility index (Phi) is 8.85. The zero-order chi connectivity index (χ0) is 26.5. The lowest BCUT2D eigenvalue weighted by Crippen LogP contribution is -2.36. The van der Waals surface area contributed by atoms with Gasteiger partial charge in [0.05, 0.1) is 5.56 Å². The Morgan fingerprint density at radius 1 is 1.17 bits per heavy atom. The van der Waals surface area contributed by atoms with Gasteiger partial charge in [-0.15, -0.1) is 0 Å². The number of hydrogen-bond acceptors (Lipinski definition) is 11. The lowest BCUT2D eigenvalue weighted by atomic mass is 10.2. The number of aromatic amines is 1. The van der Waals surface area contributed by atoms with Crippen molar-refractivity contribution >= 4 is 25.2 Å². The van der Waals surface area contributed by atoms with Crippen LogP contribution in [0.25, 0.3) is 0 Å². The SMILES string of the molecule is COP(=O)(OC)C(Nc1ccccc1)c1cn([C@H]2C[C@H](OC(C)=O)[C@@H](COC(C)=O)O2)c(=O)[nH]c1=O. The van der Waals surface area contributed by atoms with Gasteiger partial charge in [-0.3, -0.25) is 28.5 Å². The lowest BCUT2D eigenvalue weighted by Gasteiger charge is -2.26. The van der Waals surface area contributed by atoms with Crippen LogP contribution in [0.2, 0.25) is 0 Å². The normalized spacial score (nSPS) is 20.5. The Labute approximate surface area is 206 Å². The van der Waals surface area contributed by atoms with Crippen LogP contribution in [0.15, 0.2) is 46.1 Å². The molecule has 0 aliphatic carbocycles. The van der Waals surface area contributed by atoms with Crippen LogP contribution in [0.4, 0.5) is 5.69 Å². The number of ether oxygens (including phenoxy) is 3. The van der Waals surface area contributed by atoms with Crippen LogP contribution in [0.3, 0.4) is 0 Å². The fraction of sp³-hybridized carbons (Fsp3) is 0.455. The van der Waals surface area contributed by atoms with E-state index in [9.17, 15) is 23.7 Å². The van der Waals surface area contributed by atoms with Gasteiger partial charge in [0.15, 0.2) is 5.78 Å². The molecule has 14 heteroatoms. The zero-order valence-corrected chi connectivity index (χ0v) is 21.1. The Balaban J connectivity index is 2.02. The Morgan fingerprint density at radius 2 is 1.83 bits per heavy atom. The van der Waals surface area contributed by atoms with Gasteiger partial charge in [0.25, 0.3) is 5.56 Å². The van der Waals surface area contributed by atoms with Gasteiger partial charge < -0.3 is 28.6 Å². The number of H-pyrrole nitrogens is 1. The maximum Gasteiger partial charge on any atom is 0.356 e. The number of carbonyl (C=O) groups is 2. The van der Waals surface area contributed by atoms with E-state index in [0.717, 1.165) is 4.57 Å². The second-order valence-corrected chi connectivity index (χ2v) is 10.2. The predicted molar refractivity (Wildman–Crippen MR) is 126 cm³/mol. The van der Waals surface area contributed by atoms with Gasteiger partial charge in [-0.1, -0.05) is 18.2 Å². The third-order valence-corrected chi connectivity index (χ3v) is 7.51. The van der Waals surface area contributed by atoms with Crippen LogP contribution < -0.4 is 16.6 Å². The molecule has 0 saturated carbocycles. The Hall–Kier alpha value is -3.25. The number of hydrogen-bond donors (Lipinski definition) is 2. The van der Waals surface area contributed by atoms with Crippen molar-refractivity contribution in [3.63, 3.8) is 0 Å². The molecule has 1 aliphatic heterocycles. The highest BCUT2D eigenvalue weighted by atomic mass is 31.2. The molecule has 0 spiro atoms. The fourth-order valence-corrected chi connectivity index (χ4v) is 5.17. The number of carbonyl (C=O) groups excluding carboxylic acids is 2. The number of nitrogens with one attached hydrogen (secondary N) is 2. The molecular formula is C22H28N3O10P. The maximum absolute atomic E-state index is 13.4. The molecule has 1 fully saturated rings. The zero-order valence-electron chi connectivity index (χ0n) is 20.2. The van der Waals surface area contributed by atoms with Crippen LogP contribution in [-0.2, 0) is 37.4 Å². The van der Waals surface area contributed by atoms with Gasteiger partial charge in [-0.2, -0.15) is 0 Å². The molecule has 2 heterocycles. The second-order valence-electron chi connectivity index (χ2n) is 7.88. The summed E-state index contributed by atoms with van der Waals surface area (Å²) in [6.45, 7) is 2.22. The molecule has 0 radical (unpaired) electrons. The summed E-state index contributed by atoms with van der Waals surface area (Å²) in [4.78, 5) is 50.6. The standard InChI is InChI=1S/C22H28N3O10P/c1-13(26)33-12-18-17(34-14(2)27)10-19(35-18)25-11-16(20(28)24-22(25)29)21(36(30,31-3)32-4)23-15-8-6-5-7-9-15/h5-9,11,17-19,21,23H,10,12H2,1-4H3,(H,24,28,29)/t17-,18+,19+,21?/m0/s1. The largest absolute Gasteiger partial charge is 0.463 e. The highest BCUT2D eigenvalue weighted by Crippen LogP contribution is 2.59. The molecule has 1 saturated heterocycles. The number of aromatic nitrogens is 2. The number of para-hydroxylation sites is 1. The molecule has 0 amide bonds. The molecule has 4 atom stereocenters. The van der Waals surface area contributed by atoms with Crippen LogP contribution in [0, 0.1) is 0 Å². The molecule has 1 aliphatic rings. The Bertz CT molecular complexity index is 1240. The number of rotatable bonds is 10. The lowest BCUT2D eigenvalue weighted by molar-refractivity contribution is -0.155. The summed E-state index contributed by atoms with van der Waals surface area (Å²) >= 11 is 0. The van der Waals surface area contributed by atoms with Gasteiger partial charge in [-0.05, 0) is 12.1 Å². The first kappa shape index (κ1) is 27.3. The third-order valence-electron chi connectivity index (χ3n) is 5.45. The Morgan fingerprint density at radius 3 is 2.42 bits per heavy atom. The molecular weight excluding hydrogens is 497 g/mol. The van der Waals surface area contributed by atoms with Crippen molar-refractivity contribution < 1.29 is 37.4 Å². The quantitative estimate of drug-likeness (QED) is 0.344. The van der Waals surface area contributed by atoms with Crippen molar-refractivity contribution in [2.45, 2.75) is 44.5 Å². The molecule has 1 aromatic heterocycles. The van der Waals surface area contributed by atoms with E-state index in [2.05, 4.69) is 10.3 Å². The first-order valence-corrected chi connectivity index (χ1v) is 12.5.